The van der Waals surface area contributed by atoms with Crippen molar-refractivity contribution in [3.8, 4) is 5.75 Å². The first kappa shape index (κ1) is 24.0. The van der Waals surface area contributed by atoms with Crippen molar-refractivity contribution in [1.29, 1.82) is 0 Å². The molecule has 2 fully saturated rings. The van der Waals surface area contributed by atoms with Gasteiger partial charge in [0.1, 0.15) is 5.75 Å². The molecule has 0 saturated carbocycles. The zero-order chi connectivity index (χ0) is 23.8. The molecule has 3 heterocycles. The molecule has 2 unspecified atom stereocenters. The number of nitrogens with zero attached hydrogens (tertiary/aromatic N) is 3. The fourth-order valence-corrected chi connectivity index (χ4v) is 6.62. The largest absolute Gasteiger partial charge is 0.478 e. The quantitative estimate of drug-likeness (QED) is 0.691. The van der Waals surface area contributed by atoms with Gasteiger partial charge < -0.3 is 19.9 Å². The van der Waals surface area contributed by atoms with E-state index in [1.807, 2.05) is 11.8 Å². The molecule has 2 saturated heterocycles. The Morgan fingerprint density at radius 3 is 2.55 bits per heavy atom. The van der Waals surface area contributed by atoms with Crippen LogP contribution in [0, 0.1) is 12.8 Å². The third-order valence-electron chi connectivity index (χ3n) is 6.95. The molecule has 0 radical (unpaired) electrons. The maximum atomic E-state index is 13.6. The fraction of sp³-hybridized carbons (Fsp3) is 0.652. The third-order valence-corrected chi connectivity index (χ3v) is 8.96. The van der Waals surface area contributed by atoms with E-state index in [4.69, 9.17) is 4.74 Å². The predicted octanol–water partition coefficient (Wildman–Crippen LogP) is 1.67. The minimum absolute atomic E-state index is 0.0599. The van der Waals surface area contributed by atoms with Crippen molar-refractivity contribution in [3.05, 3.63) is 17.7 Å². The van der Waals surface area contributed by atoms with Gasteiger partial charge in [0, 0.05) is 45.3 Å². The summed E-state index contributed by atoms with van der Waals surface area (Å²) in [6, 6.07) is 3.16. The van der Waals surface area contributed by atoms with E-state index in [-0.39, 0.29) is 29.2 Å². The molecule has 0 bridgehead atoms. The van der Waals surface area contributed by atoms with E-state index in [0.717, 1.165) is 19.6 Å². The zero-order valence-corrected chi connectivity index (χ0v) is 20.5. The van der Waals surface area contributed by atoms with Crippen LogP contribution in [-0.2, 0) is 19.6 Å². The van der Waals surface area contributed by atoms with Crippen molar-refractivity contribution in [3.63, 3.8) is 0 Å². The lowest BCUT2D eigenvalue weighted by molar-refractivity contribution is -0.138. The molecule has 2 amide bonds. The minimum Gasteiger partial charge on any atom is -0.478 e. The lowest BCUT2D eigenvalue weighted by Gasteiger charge is -2.38. The molecular formula is C23H34N4O5S. The molecule has 1 aromatic carbocycles. The number of benzene rings is 1. The Morgan fingerprint density at radius 2 is 1.88 bits per heavy atom. The summed E-state index contributed by atoms with van der Waals surface area (Å²) in [5.74, 6) is -0.120. The first-order chi connectivity index (χ1) is 15.7. The number of carbonyl (C=O) groups excluding carboxylic acids is 2. The second-order valence-electron chi connectivity index (χ2n) is 9.08. The van der Waals surface area contributed by atoms with E-state index in [0.29, 0.717) is 55.9 Å². The summed E-state index contributed by atoms with van der Waals surface area (Å²) in [7, 11) is -3.81. The molecule has 2 atom stereocenters. The number of fused-ring (bicyclic) bond motifs is 1. The van der Waals surface area contributed by atoms with Gasteiger partial charge in [0.15, 0.2) is 6.10 Å². The summed E-state index contributed by atoms with van der Waals surface area (Å²) in [5, 5.41) is 2.80. The summed E-state index contributed by atoms with van der Waals surface area (Å²) in [6.45, 7) is 10.3. The fourth-order valence-electron chi connectivity index (χ4n) is 4.88. The Morgan fingerprint density at radius 1 is 1.15 bits per heavy atom. The summed E-state index contributed by atoms with van der Waals surface area (Å²) < 4.78 is 34.4. The number of aryl methyl sites for hydroxylation is 1. The number of piperidine rings is 1. The molecule has 1 aromatic rings. The molecule has 0 aliphatic carbocycles. The van der Waals surface area contributed by atoms with Crippen molar-refractivity contribution in [1.82, 2.24) is 14.1 Å². The van der Waals surface area contributed by atoms with E-state index in [9.17, 15) is 18.0 Å². The molecule has 9 nitrogen and oxygen atoms in total. The number of sulfonamides is 1. The van der Waals surface area contributed by atoms with Crippen molar-refractivity contribution >= 4 is 27.5 Å². The Hall–Kier alpha value is -2.17. The van der Waals surface area contributed by atoms with Gasteiger partial charge in [0.25, 0.3) is 5.91 Å². The Labute approximate surface area is 196 Å². The van der Waals surface area contributed by atoms with Crippen molar-refractivity contribution < 1.29 is 22.7 Å². The van der Waals surface area contributed by atoms with Gasteiger partial charge in [0.05, 0.1) is 16.5 Å². The van der Waals surface area contributed by atoms with E-state index in [1.54, 1.807) is 13.0 Å². The van der Waals surface area contributed by atoms with Crippen LogP contribution in [0.1, 0.15) is 38.7 Å². The van der Waals surface area contributed by atoms with E-state index < -0.39 is 16.1 Å². The third kappa shape index (κ3) is 4.74. The van der Waals surface area contributed by atoms with Gasteiger partial charge >= 0.3 is 0 Å². The number of hydrogen-bond donors (Lipinski definition) is 1. The Bertz CT molecular complexity index is 1020. The van der Waals surface area contributed by atoms with Gasteiger partial charge in [-0.1, -0.05) is 13.8 Å². The highest BCUT2D eigenvalue weighted by atomic mass is 32.2. The van der Waals surface area contributed by atoms with Gasteiger partial charge in [-0.3, -0.25) is 9.59 Å². The average Bonchev–Trinajstić information content (AvgIpc) is 2.83. The summed E-state index contributed by atoms with van der Waals surface area (Å²) in [5.41, 5.74) is 1.02. The Kier molecular flexibility index (Phi) is 6.97. The van der Waals surface area contributed by atoms with Crippen molar-refractivity contribution in [2.24, 2.45) is 5.92 Å². The topological polar surface area (TPSA) is 99.3 Å². The van der Waals surface area contributed by atoms with Crippen LogP contribution < -0.4 is 10.1 Å². The first-order valence-electron chi connectivity index (χ1n) is 11.9. The number of rotatable bonds is 5. The van der Waals surface area contributed by atoms with Gasteiger partial charge in [0.2, 0.25) is 15.9 Å². The van der Waals surface area contributed by atoms with E-state index >= 15 is 0 Å². The molecule has 33 heavy (non-hydrogen) atoms. The number of amides is 2. The number of hydrogen-bond acceptors (Lipinski definition) is 6. The smallest absolute Gasteiger partial charge is 0.265 e. The highest BCUT2D eigenvalue weighted by Crippen LogP contribution is 2.36. The second-order valence-corrected chi connectivity index (χ2v) is 11.0. The molecule has 3 aliphatic heterocycles. The summed E-state index contributed by atoms with van der Waals surface area (Å²) in [4.78, 5) is 29.6. The zero-order valence-electron chi connectivity index (χ0n) is 19.7. The molecule has 182 valence electrons. The maximum Gasteiger partial charge on any atom is 0.265 e. The molecule has 4 rings (SSSR count). The second kappa shape index (κ2) is 9.60. The average molecular weight is 479 g/mol. The maximum absolute atomic E-state index is 13.6. The number of ether oxygens (including phenoxy) is 1. The van der Waals surface area contributed by atoms with E-state index in [1.165, 1.54) is 10.4 Å². The molecule has 1 N–H and O–H groups in total. The number of carbonyl (C=O) groups is 2. The minimum atomic E-state index is -3.81. The number of piperazine rings is 1. The van der Waals surface area contributed by atoms with Gasteiger partial charge in [-0.2, -0.15) is 4.31 Å². The highest BCUT2D eigenvalue weighted by molar-refractivity contribution is 7.89. The SMILES string of the molecule is CCC1Oc2cc(S(=O)(=O)N3CCCC(C(=O)N4CCN(CC)CC4)C3)c(C)cc2NC1=O. The lowest BCUT2D eigenvalue weighted by atomic mass is 9.98. The van der Waals surface area contributed by atoms with Crippen molar-refractivity contribution in [2.45, 2.75) is 51.0 Å². The monoisotopic (exact) mass is 478 g/mol. The van der Waals surface area contributed by atoms with Crippen LogP contribution in [0.15, 0.2) is 17.0 Å². The molecule has 0 spiro atoms. The van der Waals surface area contributed by atoms with Crippen LogP contribution >= 0.6 is 0 Å². The normalized spacial score (nSPS) is 24.7. The molecular weight excluding hydrogens is 444 g/mol. The Balaban J connectivity index is 1.52. The van der Waals surface area contributed by atoms with Crippen LogP contribution in [-0.4, -0.2) is 86.3 Å². The highest BCUT2D eigenvalue weighted by Gasteiger charge is 2.37. The van der Waals surface area contributed by atoms with Crippen LogP contribution in [0.3, 0.4) is 0 Å². The number of anilines is 1. The van der Waals surface area contributed by atoms with Gasteiger partial charge in [-0.05, 0) is 44.4 Å². The van der Waals surface area contributed by atoms with Gasteiger partial charge in [-0.25, -0.2) is 8.42 Å². The van der Waals surface area contributed by atoms with Crippen molar-refractivity contribution in [2.75, 3.05) is 51.1 Å². The van der Waals surface area contributed by atoms with Crippen LogP contribution in [0.25, 0.3) is 0 Å². The predicted molar refractivity (Wildman–Crippen MR) is 125 cm³/mol. The van der Waals surface area contributed by atoms with Crippen LogP contribution in [0.5, 0.6) is 5.75 Å². The molecule has 0 aromatic heterocycles. The standard InChI is InChI=1S/C23H34N4O5S/c1-4-19-22(28)24-18-13-16(3)21(14-20(18)32-19)33(30,31)27-8-6-7-17(15-27)23(29)26-11-9-25(5-2)10-12-26/h13-14,17,19H,4-12,15H2,1-3H3,(H,24,28). The summed E-state index contributed by atoms with van der Waals surface area (Å²) >= 11 is 0. The number of likely N-dealkylation sites (N-methyl/N-ethyl adjacent to an activating group) is 1. The first-order valence-corrected chi connectivity index (χ1v) is 13.3. The number of nitrogens with one attached hydrogen (secondary N) is 1. The molecule has 3 aliphatic rings. The lowest BCUT2D eigenvalue weighted by Crippen LogP contribution is -2.52. The van der Waals surface area contributed by atoms with Crippen LogP contribution in [0.4, 0.5) is 5.69 Å². The van der Waals surface area contributed by atoms with Crippen LogP contribution in [0.2, 0.25) is 0 Å². The van der Waals surface area contributed by atoms with Gasteiger partial charge in [-0.15, -0.1) is 0 Å². The van der Waals surface area contributed by atoms with E-state index in [2.05, 4.69) is 17.1 Å². The summed E-state index contributed by atoms with van der Waals surface area (Å²) in [6.07, 6.45) is 1.21. The molecule has 10 heteroatoms.